The van der Waals surface area contributed by atoms with Crippen molar-refractivity contribution in [3.05, 3.63) is 48.3 Å². The van der Waals surface area contributed by atoms with Gasteiger partial charge in [-0.05, 0) is 42.8 Å². The number of nitrogens with one attached hydrogen (secondary N) is 3. The maximum atomic E-state index is 12.2. The van der Waals surface area contributed by atoms with Gasteiger partial charge in [-0.15, -0.1) is 4.83 Å². The van der Waals surface area contributed by atoms with E-state index >= 15 is 0 Å². The van der Waals surface area contributed by atoms with Gasteiger partial charge in [0.05, 0.1) is 4.90 Å². The van der Waals surface area contributed by atoms with Crippen LogP contribution in [0.2, 0.25) is 0 Å². The Labute approximate surface area is 138 Å². The maximum Gasteiger partial charge on any atom is 0.282 e. The van der Waals surface area contributed by atoms with Gasteiger partial charge < -0.3 is 9.88 Å². The molecular formula is C15H16N4O4S. The summed E-state index contributed by atoms with van der Waals surface area (Å²) in [4.78, 5) is 29.7. The van der Waals surface area contributed by atoms with Crippen LogP contribution in [-0.4, -0.2) is 31.8 Å². The number of carbonyl (C=O) groups excluding carboxylic acids is 2. The summed E-state index contributed by atoms with van der Waals surface area (Å²) >= 11 is 0. The number of H-pyrrole nitrogens is 1. The maximum absolute atomic E-state index is 12.2. The highest BCUT2D eigenvalue weighted by Crippen LogP contribution is 2.22. The molecule has 24 heavy (non-hydrogen) atoms. The predicted octanol–water partition coefficient (Wildman–Crippen LogP) is 0.765. The quantitative estimate of drug-likeness (QED) is 0.693. The largest absolute Gasteiger partial charge is 0.357 e. The lowest BCUT2D eigenvalue weighted by Gasteiger charge is -2.16. The Morgan fingerprint density at radius 2 is 1.92 bits per heavy atom. The zero-order valence-electron chi connectivity index (χ0n) is 12.7. The fourth-order valence-electron chi connectivity index (χ4n) is 2.44. The van der Waals surface area contributed by atoms with Crippen LogP contribution in [0.4, 0.5) is 5.69 Å². The monoisotopic (exact) mass is 348 g/mol. The molecule has 0 unspecified atom stereocenters. The van der Waals surface area contributed by atoms with Gasteiger partial charge in [0, 0.05) is 24.8 Å². The van der Waals surface area contributed by atoms with Gasteiger partial charge in [0.15, 0.2) is 0 Å². The first-order valence-corrected chi connectivity index (χ1v) is 8.82. The molecule has 3 N–H and O–H groups in total. The SMILES string of the molecule is O=C(NNS(=O)(=O)c1ccc(N2CCCC2=O)cc1)c1ccc[nH]1. The van der Waals surface area contributed by atoms with Crippen molar-refractivity contribution >= 4 is 27.5 Å². The molecule has 0 bridgehead atoms. The summed E-state index contributed by atoms with van der Waals surface area (Å²) < 4.78 is 24.4. The van der Waals surface area contributed by atoms with E-state index in [2.05, 4.69) is 10.4 Å². The molecule has 1 aromatic carbocycles. The minimum atomic E-state index is -3.90. The average molecular weight is 348 g/mol. The van der Waals surface area contributed by atoms with Crippen LogP contribution in [0.25, 0.3) is 0 Å². The first-order valence-electron chi connectivity index (χ1n) is 7.33. The first-order chi connectivity index (χ1) is 11.5. The van der Waals surface area contributed by atoms with Gasteiger partial charge in [0.2, 0.25) is 5.91 Å². The number of amides is 2. The van der Waals surface area contributed by atoms with Crippen LogP contribution in [-0.2, 0) is 14.8 Å². The summed E-state index contributed by atoms with van der Waals surface area (Å²) in [7, 11) is -3.90. The Hall–Kier alpha value is -2.65. The zero-order valence-corrected chi connectivity index (χ0v) is 13.5. The number of aromatic nitrogens is 1. The summed E-state index contributed by atoms with van der Waals surface area (Å²) in [6.07, 6.45) is 2.86. The molecule has 0 atom stereocenters. The fourth-order valence-corrected chi connectivity index (χ4v) is 3.28. The standard InChI is InChI=1S/C15H16N4O4S/c20-14-4-2-10-19(14)11-5-7-12(8-6-11)24(22,23)18-17-15(21)13-3-1-9-16-13/h1,3,5-9,16,18H,2,4,10H2,(H,17,21). The van der Waals surface area contributed by atoms with Crippen molar-refractivity contribution in [2.75, 3.05) is 11.4 Å². The molecule has 3 rings (SSSR count). The first kappa shape index (κ1) is 16.2. The number of aromatic amines is 1. The van der Waals surface area contributed by atoms with Crippen LogP contribution >= 0.6 is 0 Å². The van der Waals surface area contributed by atoms with Gasteiger partial charge in [0.1, 0.15) is 5.69 Å². The highest BCUT2D eigenvalue weighted by molar-refractivity contribution is 7.89. The van der Waals surface area contributed by atoms with Gasteiger partial charge in [0.25, 0.3) is 15.9 Å². The smallest absolute Gasteiger partial charge is 0.282 e. The number of hydrogen-bond acceptors (Lipinski definition) is 4. The van der Waals surface area contributed by atoms with Gasteiger partial charge in [-0.25, -0.2) is 8.42 Å². The third kappa shape index (κ3) is 3.31. The van der Waals surface area contributed by atoms with E-state index in [0.717, 1.165) is 6.42 Å². The lowest BCUT2D eigenvalue weighted by atomic mass is 10.3. The number of carbonyl (C=O) groups is 2. The second-order valence-corrected chi connectivity index (χ2v) is 6.97. The molecule has 2 aromatic rings. The van der Waals surface area contributed by atoms with E-state index in [0.29, 0.717) is 18.7 Å². The molecule has 1 aliphatic heterocycles. The lowest BCUT2D eigenvalue weighted by Crippen LogP contribution is -2.41. The predicted molar refractivity (Wildman–Crippen MR) is 86.6 cm³/mol. The summed E-state index contributed by atoms with van der Waals surface area (Å²) in [6.45, 7) is 0.634. The lowest BCUT2D eigenvalue weighted by molar-refractivity contribution is -0.117. The van der Waals surface area contributed by atoms with Crippen molar-refractivity contribution in [1.29, 1.82) is 0 Å². The summed E-state index contributed by atoms with van der Waals surface area (Å²) in [5.74, 6) is -0.565. The number of rotatable bonds is 5. The molecule has 1 aliphatic rings. The number of anilines is 1. The van der Waals surface area contributed by atoms with Crippen molar-refractivity contribution in [2.24, 2.45) is 0 Å². The minimum absolute atomic E-state index is 0.00955. The van der Waals surface area contributed by atoms with Crippen LogP contribution in [0.1, 0.15) is 23.3 Å². The Kier molecular flexibility index (Phi) is 4.36. The molecule has 0 radical (unpaired) electrons. The molecule has 2 heterocycles. The average Bonchev–Trinajstić information content (AvgIpc) is 3.24. The summed E-state index contributed by atoms with van der Waals surface area (Å²) in [5.41, 5.74) is 3.02. The van der Waals surface area contributed by atoms with Crippen molar-refractivity contribution in [3.8, 4) is 0 Å². The normalized spacial score (nSPS) is 14.8. The highest BCUT2D eigenvalue weighted by Gasteiger charge is 2.22. The number of nitrogens with zero attached hydrogens (tertiary/aromatic N) is 1. The Morgan fingerprint density at radius 3 is 2.50 bits per heavy atom. The van der Waals surface area contributed by atoms with Crippen molar-refractivity contribution in [2.45, 2.75) is 17.7 Å². The van der Waals surface area contributed by atoms with E-state index in [1.807, 2.05) is 4.83 Å². The van der Waals surface area contributed by atoms with Crippen LogP contribution < -0.4 is 15.2 Å². The van der Waals surface area contributed by atoms with Crippen molar-refractivity contribution < 1.29 is 18.0 Å². The van der Waals surface area contributed by atoms with Crippen molar-refractivity contribution in [1.82, 2.24) is 15.2 Å². The van der Waals surface area contributed by atoms with E-state index in [-0.39, 0.29) is 16.5 Å². The third-order valence-corrected chi connectivity index (χ3v) is 4.94. The highest BCUT2D eigenvalue weighted by atomic mass is 32.2. The summed E-state index contributed by atoms with van der Waals surface area (Å²) in [6, 6.07) is 9.08. The number of hydrazine groups is 1. The number of benzene rings is 1. The molecule has 126 valence electrons. The van der Waals surface area contributed by atoms with E-state index in [9.17, 15) is 18.0 Å². The molecule has 0 spiro atoms. The molecule has 1 fully saturated rings. The van der Waals surface area contributed by atoms with Gasteiger partial charge in [-0.3, -0.25) is 15.0 Å². The second-order valence-electron chi connectivity index (χ2n) is 5.29. The third-order valence-electron chi connectivity index (χ3n) is 3.67. The van der Waals surface area contributed by atoms with Crippen LogP contribution in [0, 0.1) is 0 Å². The molecule has 8 nitrogen and oxygen atoms in total. The summed E-state index contributed by atoms with van der Waals surface area (Å²) in [5, 5.41) is 0. The molecule has 0 saturated carbocycles. The van der Waals surface area contributed by atoms with Crippen molar-refractivity contribution in [3.63, 3.8) is 0 Å². The molecule has 2 amide bonds. The Balaban J connectivity index is 1.68. The molecule has 1 aromatic heterocycles. The van der Waals surface area contributed by atoms with Crippen LogP contribution in [0.15, 0.2) is 47.5 Å². The topological polar surface area (TPSA) is 111 Å². The molecular weight excluding hydrogens is 332 g/mol. The van der Waals surface area contributed by atoms with Gasteiger partial charge in [-0.1, -0.05) is 0 Å². The van der Waals surface area contributed by atoms with Crippen LogP contribution in [0.5, 0.6) is 0 Å². The number of sulfonamides is 1. The van der Waals surface area contributed by atoms with E-state index in [1.54, 1.807) is 29.3 Å². The second kappa shape index (κ2) is 6.46. The van der Waals surface area contributed by atoms with Crippen LogP contribution in [0.3, 0.4) is 0 Å². The Morgan fingerprint density at radius 1 is 1.17 bits per heavy atom. The minimum Gasteiger partial charge on any atom is -0.357 e. The molecule has 1 saturated heterocycles. The fraction of sp³-hybridized carbons (Fsp3) is 0.200. The van der Waals surface area contributed by atoms with E-state index in [4.69, 9.17) is 0 Å². The zero-order chi connectivity index (χ0) is 17.2. The Bertz CT molecular complexity index is 844. The molecule has 0 aliphatic carbocycles. The van der Waals surface area contributed by atoms with Gasteiger partial charge >= 0.3 is 0 Å². The van der Waals surface area contributed by atoms with E-state index in [1.165, 1.54) is 18.2 Å². The van der Waals surface area contributed by atoms with Gasteiger partial charge in [-0.2, -0.15) is 0 Å². The molecule has 9 heteroatoms. The number of hydrogen-bond donors (Lipinski definition) is 3. The van der Waals surface area contributed by atoms with E-state index < -0.39 is 15.9 Å².